The maximum absolute atomic E-state index is 6.49. The van der Waals surface area contributed by atoms with Crippen LogP contribution in [0.3, 0.4) is 0 Å². The van der Waals surface area contributed by atoms with E-state index in [0.717, 1.165) is 77.7 Å². The molecule has 2 unspecified atom stereocenters. The van der Waals surface area contributed by atoms with Gasteiger partial charge in [-0.25, -0.2) is 0 Å². The van der Waals surface area contributed by atoms with Gasteiger partial charge in [-0.15, -0.1) is 0 Å². The SMILES string of the molecule is CCCCC/C=C\C/C=C\CCCCCCCCOCC(COCCCCCCC/C=C\C/C=C\CCCCC)COCC(CCCN(C)C)OCCCCCCCC/C=C\C/C=C\CCCCC. The predicted molar refractivity (Wildman–Crippen MR) is 307 cm³/mol. The smallest absolute Gasteiger partial charge is 0.0808 e. The van der Waals surface area contributed by atoms with E-state index in [1.165, 1.54) is 186 Å². The minimum absolute atomic E-state index is 0.149. The van der Waals surface area contributed by atoms with Crippen LogP contribution < -0.4 is 0 Å². The van der Waals surface area contributed by atoms with E-state index in [1.54, 1.807) is 0 Å². The highest BCUT2D eigenvalue weighted by molar-refractivity contribution is 4.94. The first-order valence-electron chi connectivity index (χ1n) is 30.0. The van der Waals surface area contributed by atoms with Crippen LogP contribution in [-0.4, -0.2) is 77.9 Å². The zero-order chi connectivity index (χ0) is 49.9. The third kappa shape index (κ3) is 58.7. The maximum Gasteiger partial charge on any atom is 0.0808 e. The largest absolute Gasteiger partial charge is 0.381 e. The highest BCUT2D eigenvalue weighted by Gasteiger charge is 2.15. The molecular formula is C64H119NO4. The molecule has 0 saturated carbocycles. The lowest BCUT2D eigenvalue weighted by Gasteiger charge is -2.22. The molecule has 5 nitrogen and oxygen atoms in total. The molecule has 5 heteroatoms. The van der Waals surface area contributed by atoms with Gasteiger partial charge in [-0.05, 0) is 149 Å². The highest BCUT2D eigenvalue weighted by Crippen LogP contribution is 2.14. The van der Waals surface area contributed by atoms with E-state index in [9.17, 15) is 0 Å². The van der Waals surface area contributed by atoms with Crippen LogP contribution in [0.4, 0.5) is 0 Å². The molecule has 0 aliphatic rings. The molecule has 0 rings (SSSR count). The third-order valence-corrected chi connectivity index (χ3v) is 12.9. The molecule has 2 atom stereocenters. The predicted octanol–water partition coefficient (Wildman–Crippen LogP) is 19.4. The minimum Gasteiger partial charge on any atom is -0.381 e. The van der Waals surface area contributed by atoms with Crippen LogP contribution in [0.25, 0.3) is 0 Å². The lowest BCUT2D eigenvalue weighted by Crippen LogP contribution is -2.27. The van der Waals surface area contributed by atoms with E-state index >= 15 is 0 Å². The summed E-state index contributed by atoms with van der Waals surface area (Å²) in [4.78, 5) is 2.27. The number of hydrogen-bond donors (Lipinski definition) is 0. The summed E-state index contributed by atoms with van der Waals surface area (Å²) in [5.41, 5.74) is 0. The Hall–Kier alpha value is -1.76. The Morgan fingerprint density at radius 2 is 0.638 bits per heavy atom. The maximum atomic E-state index is 6.49. The molecule has 0 radical (unpaired) electrons. The molecule has 0 N–H and O–H groups in total. The van der Waals surface area contributed by atoms with Crippen molar-refractivity contribution in [3.63, 3.8) is 0 Å². The van der Waals surface area contributed by atoms with E-state index in [2.05, 4.69) is 113 Å². The number of rotatable bonds is 57. The van der Waals surface area contributed by atoms with Crippen molar-refractivity contribution in [2.45, 2.75) is 264 Å². The molecule has 0 aromatic carbocycles. The molecule has 0 fully saturated rings. The average Bonchev–Trinajstić information content (AvgIpc) is 3.34. The van der Waals surface area contributed by atoms with Crippen LogP contribution in [0, 0.1) is 5.92 Å². The molecular weight excluding hydrogens is 847 g/mol. The molecule has 404 valence electrons. The van der Waals surface area contributed by atoms with Gasteiger partial charge >= 0.3 is 0 Å². The standard InChI is InChI=1S/C64H119NO4/c1-6-9-12-15-18-21-24-27-30-33-36-39-42-45-48-51-57-67-60-63(59-66-56-50-47-44-41-38-35-32-29-26-23-20-17-14-11-8-3)61-68-62-64(54-53-55-65(4)5)69-58-52-49-46-43-40-37-34-31-28-25-22-19-16-13-10-7-2/h18-23,27-32,63-64H,6-17,24-26,33-62H2,1-5H3/b21-18-,22-19-,23-20-,30-27-,31-28-,32-29-. The molecule has 0 aromatic rings. The zero-order valence-corrected chi connectivity index (χ0v) is 47.0. The van der Waals surface area contributed by atoms with E-state index in [1.807, 2.05) is 0 Å². The summed E-state index contributed by atoms with van der Waals surface area (Å²) in [6.45, 7) is 13.1. The second-order valence-corrected chi connectivity index (χ2v) is 20.4. The normalized spacial score (nSPS) is 13.5. The van der Waals surface area contributed by atoms with Crippen molar-refractivity contribution in [2.75, 3.05) is 66.9 Å². The Morgan fingerprint density at radius 3 is 1.00 bits per heavy atom. The molecule has 0 heterocycles. The molecule has 0 bridgehead atoms. The van der Waals surface area contributed by atoms with Crippen molar-refractivity contribution in [3.05, 3.63) is 72.9 Å². The molecule has 0 spiro atoms. The van der Waals surface area contributed by atoms with E-state index < -0.39 is 0 Å². The summed E-state index contributed by atoms with van der Waals surface area (Å²) >= 11 is 0. The lowest BCUT2D eigenvalue weighted by atomic mass is 10.1. The van der Waals surface area contributed by atoms with Crippen molar-refractivity contribution in [1.29, 1.82) is 0 Å². The second kappa shape index (κ2) is 60.5. The van der Waals surface area contributed by atoms with Crippen molar-refractivity contribution in [2.24, 2.45) is 5.92 Å². The summed E-state index contributed by atoms with van der Waals surface area (Å²) in [7, 11) is 4.32. The first kappa shape index (κ1) is 67.2. The number of ether oxygens (including phenoxy) is 4. The van der Waals surface area contributed by atoms with Crippen molar-refractivity contribution >= 4 is 0 Å². The van der Waals surface area contributed by atoms with Gasteiger partial charge in [0.15, 0.2) is 0 Å². The summed E-state index contributed by atoms with van der Waals surface area (Å²) < 4.78 is 25.5. The fourth-order valence-electron chi connectivity index (χ4n) is 8.41. The topological polar surface area (TPSA) is 40.2 Å². The monoisotopic (exact) mass is 966 g/mol. The summed E-state index contributed by atoms with van der Waals surface area (Å²) in [5.74, 6) is 0.252. The number of unbranched alkanes of at least 4 members (excludes halogenated alkanes) is 26. The Bertz CT molecular complexity index is 1140. The van der Waals surface area contributed by atoms with E-state index in [4.69, 9.17) is 18.9 Å². The van der Waals surface area contributed by atoms with Gasteiger partial charge in [0, 0.05) is 25.7 Å². The van der Waals surface area contributed by atoms with Crippen molar-refractivity contribution in [3.8, 4) is 0 Å². The summed E-state index contributed by atoms with van der Waals surface area (Å²) in [5, 5.41) is 0. The van der Waals surface area contributed by atoms with Crippen LogP contribution in [0.2, 0.25) is 0 Å². The van der Waals surface area contributed by atoms with Crippen LogP contribution in [0.1, 0.15) is 258 Å². The Balaban J connectivity index is 4.59. The van der Waals surface area contributed by atoms with Crippen molar-refractivity contribution < 1.29 is 18.9 Å². The number of allylic oxidation sites excluding steroid dienone is 12. The van der Waals surface area contributed by atoms with Gasteiger partial charge in [0.2, 0.25) is 0 Å². The van der Waals surface area contributed by atoms with Gasteiger partial charge in [0.25, 0.3) is 0 Å². The van der Waals surface area contributed by atoms with Gasteiger partial charge in [-0.2, -0.15) is 0 Å². The number of nitrogens with zero attached hydrogens (tertiary/aromatic N) is 1. The summed E-state index contributed by atoms with van der Waals surface area (Å²) in [6.07, 6.45) is 74.7. The van der Waals surface area contributed by atoms with Crippen LogP contribution in [-0.2, 0) is 18.9 Å². The molecule has 0 saturated heterocycles. The second-order valence-electron chi connectivity index (χ2n) is 20.4. The zero-order valence-electron chi connectivity index (χ0n) is 47.0. The van der Waals surface area contributed by atoms with Gasteiger partial charge < -0.3 is 23.8 Å². The van der Waals surface area contributed by atoms with E-state index in [0.29, 0.717) is 26.4 Å². The van der Waals surface area contributed by atoms with Gasteiger partial charge in [0.05, 0.1) is 32.5 Å². The Morgan fingerprint density at radius 1 is 0.319 bits per heavy atom. The fraction of sp³-hybridized carbons (Fsp3) is 0.812. The molecule has 0 amide bonds. The quantitative estimate of drug-likeness (QED) is 0.0449. The average molecular weight is 967 g/mol. The number of hydrogen-bond acceptors (Lipinski definition) is 5. The van der Waals surface area contributed by atoms with Gasteiger partial charge in [-0.3, -0.25) is 0 Å². The first-order chi connectivity index (χ1) is 34.1. The van der Waals surface area contributed by atoms with Crippen LogP contribution in [0.15, 0.2) is 72.9 Å². The highest BCUT2D eigenvalue weighted by atomic mass is 16.5. The Kier molecular flexibility index (Phi) is 59.0. The first-order valence-corrected chi connectivity index (χ1v) is 30.0. The van der Waals surface area contributed by atoms with Gasteiger partial charge in [0.1, 0.15) is 0 Å². The molecule has 0 aromatic heterocycles. The fourth-order valence-corrected chi connectivity index (χ4v) is 8.41. The molecule has 69 heavy (non-hydrogen) atoms. The van der Waals surface area contributed by atoms with Crippen LogP contribution >= 0.6 is 0 Å². The molecule has 0 aliphatic heterocycles. The Labute approximate surface area is 432 Å². The minimum atomic E-state index is 0.149. The van der Waals surface area contributed by atoms with Crippen molar-refractivity contribution in [1.82, 2.24) is 4.90 Å². The van der Waals surface area contributed by atoms with Gasteiger partial charge in [-0.1, -0.05) is 203 Å². The molecule has 0 aliphatic carbocycles. The van der Waals surface area contributed by atoms with E-state index in [-0.39, 0.29) is 12.0 Å². The summed E-state index contributed by atoms with van der Waals surface area (Å²) in [6, 6.07) is 0. The lowest BCUT2D eigenvalue weighted by molar-refractivity contribution is -0.0515. The third-order valence-electron chi connectivity index (χ3n) is 12.9. The van der Waals surface area contributed by atoms with Crippen LogP contribution in [0.5, 0.6) is 0 Å².